The van der Waals surface area contributed by atoms with Crippen LogP contribution in [0.3, 0.4) is 0 Å². The molecule has 0 aromatic rings. The topological polar surface area (TPSA) is 137 Å². The minimum atomic E-state index is -1.74. The third-order valence-electron chi connectivity index (χ3n) is 2.31. The normalized spacial score (nSPS) is 19.9. The van der Waals surface area contributed by atoms with E-state index in [4.69, 9.17) is 24.8 Å². The summed E-state index contributed by atoms with van der Waals surface area (Å²) in [6.45, 7) is -1.22. The van der Waals surface area contributed by atoms with Gasteiger partial charge in [-0.05, 0) is 0 Å². The minimum Gasteiger partial charge on any atom is -0.394 e. The summed E-state index contributed by atoms with van der Waals surface area (Å²) in [6.07, 6.45) is -7.13. The van der Waals surface area contributed by atoms with Gasteiger partial charge < -0.3 is 39.8 Å². The molecule has 0 heterocycles. The van der Waals surface area contributed by atoms with Crippen LogP contribution in [0, 0.1) is 0 Å². The first-order chi connectivity index (χ1) is 8.51. The van der Waals surface area contributed by atoms with E-state index in [-0.39, 0.29) is 12.9 Å². The second-order valence-corrected chi connectivity index (χ2v) is 3.73. The molecule has 18 heavy (non-hydrogen) atoms. The molecule has 5 atom stereocenters. The van der Waals surface area contributed by atoms with Gasteiger partial charge in [-0.1, -0.05) is 0 Å². The standard InChI is InChI=1S/C10H20O8/c1-17-5-6(2-11)18-8(4-13)10(16)9(15)7(14)3-12/h4,6-12,14-16H,2-3,5H2,1H3/t6?,7-,8+,9-,10-/m1/s1. The second-order valence-electron chi connectivity index (χ2n) is 3.73. The van der Waals surface area contributed by atoms with Crippen molar-refractivity contribution < 1.29 is 39.8 Å². The zero-order chi connectivity index (χ0) is 14.1. The maximum Gasteiger partial charge on any atom is 0.151 e. The van der Waals surface area contributed by atoms with Crippen LogP contribution in [0.15, 0.2) is 0 Å². The average Bonchev–Trinajstić information content (AvgIpc) is 2.40. The highest BCUT2D eigenvalue weighted by molar-refractivity contribution is 5.57. The van der Waals surface area contributed by atoms with E-state index >= 15 is 0 Å². The highest BCUT2D eigenvalue weighted by Crippen LogP contribution is 2.09. The van der Waals surface area contributed by atoms with Gasteiger partial charge in [0.15, 0.2) is 6.29 Å². The lowest BCUT2D eigenvalue weighted by Gasteiger charge is -2.28. The molecule has 0 rings (SSSR count). The quantitative estimate of drug-likeness (QED) is 0.259. The molecule has 5 N–H and O–H groups in total. The number of aliphatic hydroxyl groups excluding tert-OH is 5. The van der Waals surface area contributed by atoms with Gasteiger partial charge in [0.25, 0.3) is 0 Å². The Balaban J connectivity index is 4.50. The van der Waals surface area contributed by atoms with E-state index < -0.39 is 43.7 Å². The molecular weight excluding hydrogens is 248 g/mol. The molecule has 0 saturated heterocycles. The summed E-state index contributed by atoms with van der Waals surface area (Å²) in [6, 6.07) is 0. The van der Waals surface area contributed by atoms with E-state index in [2.05, 4.69) is 0 Å². The van der Waals surface area contributed by atoms with Crippen molar-refractivity contribution in [2.75, 3.05) is 26.9 Å². The molecule has 8 nitrogen and oxygen atoms in total. The monoisotopic (exact) mass is 268 g/mol. The zero-order valence-corrected chi connectivity index (χ0v) is 10.0. The number of ether oxygens (including phenoxy) is 2. The van der Waals surface area contributed by atoms with Crippen molar-refractivity contribution in [1.29, 1.82) is 0 Å². The van der Waals surface area contributed by atoms with Gasteiger partial charge in [-0.2, -0.15) is 0 Å². The molecule has 0 aliphatic rings. The van der Waals surface area contributed by atoms with Gasteiger partial charge in [0.05, 0.1) is 19.8 Å². The fourth-order valence-corrected chi connectivity index (χ4v) is 1.27. The minimum absolute atomic E-state index is 0.00773. The van der Waals surface area contributed by atoms with Gasteiger partial charge in [-0.25, -0.2) is 0 Å². The fourth-order valence-electron chi connectivity index (χ4n) is 1.27. The van der Waals surface area contributed by atoms with E-state index in [9.17, 15) is 15.0 Å². The first-order valence-corrected chi connectivity index (χ1v) is 5.37. The Hall–Kier alpha value is -0.610. The molecule has 108 valence electrons. The van der Waals surface area contributed by atoms with Crippen LogP contribution in [-0.2, 0) is 14.3 Å². The summed E-state index contributed by atoms with van der Waals surface area (Å²) in [7, 11) is 1.36. The summed E-state index contributed by atoms with van der Waals surface area (Å²) >= 11 is 0. The smallest absolute Gasteiger partial charge is 0.151 e. The molecule has 0 radical (unpaired) electrons. The number of hydrogen-bond acceptors (Lipinski definition) is 8. The van der Waals surface area contributed by atoms with Crippen LogP contribution >= 0.6 is 0 Å². The van der Waals surface area contributed by atoms with E-state index in [1.165, 1.54) is 7.11 Å². The first kappa shape index (κ1) is 17.4. The largest absolute Gasteiger partial charge is 0.394 e. The van der Waals surface area contributed by atoms with E-state index in [1.807, 2.05) is 0 Å². The third kappa shape index (κ3) is 5.36. The van der Waals surface area contributed by atoms with Crippen molar-refractivity contribution in [2.24, 2.45) is 0 Å². The van der Waals surface area contributed by atoms with Crippen molar-refractivity contribution in [3.05, 3.63) is 0 Å². The van der Waals surface area contributed by atoms with Crippen LogP contribution in [0.25, 0.3) is 0 Å². The van der Waals surface area contributed by atoms with Crippen LogP contribution in [0.1, 0.15) is 0 Å². The Labute approximate surface area is 104 Å². The molecular formula is C10H20O8. The van der Waals surface area contributed by atoms with Gasteiger partial charge in [0, 0.05) is 7.11 Å². The maximum atomic E-state index is 10.8. The Kier molecular flexibility index (Phi) is 9.02. The number of methoxy groups -OCH3 is 1. The number of aliphatic hydroxyl groups is 5. The highest BCUT2D eigenvalue weighted by Gasteiger charge is 2.33. The molecule has 0 saturated carbocycles. The van der Waals surface area contributed by atoms with Gasteiger partial charge in [-0.15, -0.1) is 0 Å². The van der Waals surface area contributed by atoms with Crippen molar-refractivity contribution in [1.82, 2.24) is 0 Å². The lowest BCUT2D eigenvalue weighted by molar-refractivity contribution is -0.163. The average molecular weight is 268 g/mol. The molecule has 0 spiro atoms. The molecule has 0 aromatic carbocycles. The van der Waals surface area contributed by atoms with Crippen molar-refractivity contribution in [3.8, 4) is 0 Å². The summed E-state index contributed by atoms with van der Waals surface area (Å²) in [5.74, 6) is 0. The van der Waals surface area contributed by atoms with E-state index in [0.717, 1.165) is 0 Å². The van der Waals surface area contributed by atoms with Gasteiger partial charge in [0.2, 0.25) is 0 Å². The lowest BCUT2D eigenvalue weighted by Crippen LogP contribution is -2.49. The molecule has 0 aliphatic heterocycles. The van der Waals surface area contributed by atoms with Crippen LogP contribution < -0.4 is 0 Å². The zero-order valence-electron chi connectivity index (χ0n) is 10.0. The third-order valence-corrected chi connectivity index (χ3v) is 2.31. The van der Waals surface area contributed by atoms with Crippen LogP contribution in [-0.4, -0.2) is 89.3 Å². The number of hydrogen-bond donors (Lipinski definition) is 5. The molecule has 0 fully saturated rings. The van der Waals surface area contributed by atoms with Crippen LogP contribution in [0.5, 0.6) is 0 Å². The van der Waals surface area contributed by atoms with Crippen LogP contribution in [0.2, 0.25) is 0 Å². The summed E-state index contributed by atoms with van der Waals surface area (Å²) in [5, 5.41) is 45.7. The molecule has 0 aliphatic carbocycles. The number of rotatable bonds is 10. The highest BCUT2D eigenvalue weighted by atomic mass is 16.6. The van der Waals surface area contributed by atoms with Gasteiger partial charge >= 0.3 is 0 Å². The fraction of sp³-hybridized carbons (Fsp3) is 0.900. The SMILES string of the molecule is COCC(CO)O[C@@H](C=O)[C@@H](O)[C@H](O)[C@H](O)CO. The second kappa shape index (κ2) is 9.34. The predicted octanol–water partition coefficient (Wildman–Crippen LogP) is -3.35. The van der Waals surface area contributed by atoms with E-state index in [0.29, 0.717) is 0 Å². The Morgan fingerprint density at radius 2 is 1.72 bits per heavy atom. The summed E-state index contributed by atoms with van der Waals surface area (Å²) in [4.78, 5) is 10.8. The molecule has 0 aromatic heterocycles. The van der Waals surface area contributed by atoms with Crippen LogP contribution in [0.4, 0.5) is 0 Å². The van der Waals surface area contributed by atoms with E-state index in [1.54, 1.807) is 0 Å². The Morgan fingerprint density at radius 3 is 2.11 bits per heavy atom. The predicted molar refractivity (Wildman–Crippen MR) is 58.8 cm³/mol. The molecule has 1 unspecified atom stereocenters. The van der Waals surface area contributed by atoms with Gasteiger partial charge in [0.1, 0.15) is 30.5 Å². The first-order valence-electron chi connectivity index (χ1n) is 5.37. The number of carbonyl (C=O) groups excluding carboxylic acids is 1. The number of aldehydes is 1. The number of carbonyl (C=O) groups is 1. The van der Waals surface area contributed by atoms with Crippen molar-refractivity contribution in [3.63, 3.8) is 0 Å². The van der Waals surface area contributed by atoms with Crippen molar-refractivity contribution >= 4 is 6.29 Å². The summed E-state index contributed by atoms with van der Waals surface area (Å²) in [5.41, 5.74) is 0. The maximum absolute atomic E-state index is 10.8. The molecule has 0 bridgehead atoms. The molecule has 0 amide bonds. The molecule has 8 heteroatoms. The Bertz CT molecular complexity index is 224. The Morgan fingerprint density at radius 1 is 1.11 bits per heavy atom. The van der Waals surface area contributed by atoms with Crippen molar-refractivity contribution in [2.45, 2.75) is 30.5 Å². The summed E-state index contributed by atoms with van der Waals surface area (Å²) < 4.78 is 9.74. The lowest BCUT2D eigenvalue weighted by atomic mass is 10.0. The van der Waals surface area contributed by atoms with Gasteiger partial charge in [-0.3, -0.25) is 0 Å².